The number of nitrogens with zero attached hydrogens (tertiary/aromatic N) is 1. The first-order valence-electron chi connectivity index (χ1n) is 6.42. The Kier molecular flexibility index (Phi) is 2.89. The standard InChI is InChI=1S/C13H23NO3/c1-12(2,3)17-11(15)14-9-5-6-10(14)8-13(4,16)7-9/h9-10,16H,5-8H2,1-4H3/t9-,10+,13+. The molecule has 0 aliphatic carbocycles. The van der Waals surface area contributed by atoms with Crippen molar-refractivity contribution in [2.45, 2.75) is 76.7 Å². The summed E-state index contributed by atoms with van der Waals surface area (Å²) in [6, 6.07) is 0.303. The second-order valence-corrected chi connectivity index (χ2v) is 6.68. The third-order valence-electron chi connectivity index (χ3n) is 3.57. The van der Waals surface area contributed by atoms with Crippen molar-refractivity contribution in [3.63, 3.8) is 0 Å². The van der Waals surface area contributed by atoms with Crippen LogP contribution in [0.2, 0.25) is 0 Å². The predicted molar refractivity (Wildman–Crippen MR) is 64.7 cm³/mol. The van der Waals surface area contributed by atoms with Gasteiger partial charge in [0, 0.05) is 12.1 Å². The highest BCUT2D eigenvalue weighted by Gasteiger charge is 2.48. The first-order chi connectivity index (χ1) is 7.68. The number of hydrogen-bond donors (Lipinski definition) is 1. The van der Waals surface area contributed by atoms with Crippen LogP contribution >= 0.6 is 0 Å². The van der Waals surface area contributed by atoms with Gasteiger partial charge in [0.1, 0.15) is 5.60 Å². The number of rotatable bonds is 0. The quantitative estimate of drug-likeness (QED) is 0.708. The van der Waals surface area contributed by atoms with E-state index in [-0.39, 0.29) is 18.2 Å². The van der Waals surface area contributed by atoms with Crippen LogP contribution in [-0.4, -0.2) is 39.4 Å². The summed E-state index contributed by atoms with van der Waals surface area (Å²) >= 11 is 0. The molecule has 2 saturated heterocycles. The first kappa shape index (κ1) is 12.7. The van der Waals surface area contributed by atoms with Crippen LogP contribution in [0.3, 0.4) is 0 Å². The Morgan fingerprint density at radius 2 is 1.76 bits per heavy atom. The average molecular weight is 241 g/mol. The maximum absolute atomic E-state index is 12.1. The van der Waals surface area contributed by atoms with Crippen LogP contribution in [0.5, 0.6) is 0 Å². The van der Waals surface area contributed by atoms with E-state index < -0.39 is 11.2 Å². The van der Waals surface area contributed by atoms with Gasteiger partial charge >= 0.3 is 6.09 Å². The van der Waals surface area contributed by atoms with Gasteiger partial charge in [0.15, 0.2) is 0 Å². The molecule has 0 spiro atoms. The highest BCUT2D eigenvalue weighted by molar-refractivity contribution is 5.69. The molecule has 98 valence electrons. The van der Waals surface area contributed by atoms with Gasteiger partial charge in [-0.25, -0.2) is 4.79 Å². The minimum absolute atomic E-state index is 0.151. The number of hydrogen-bond acceptors (Lipinski definition) is 3. The van der Waals surface area contributed by atoms with Crippen LogP contribution in [-0.2, 0) is 4.74 Å². The monoisotopic (exact) mass is 241 g/mol. The molecule has 2 heterocycles. The Hall–Kier alpha value is -0.770. The molecule has 0 radical (unpaired) electrons. The second kappa shape index (κ2) is 3.87. The minimum Gasteiger partial charge on any atom is -0.444 e. The molecule has 1 amide bonds. The highest BCUT2D eigenvalue weighted by atomic mass is 16.6. The van der Waals surface area contributed by atoms with Crippen molar-refractivity contribution in [2.75, 3.05) is 0 Å². The molecule has 0 aromatic heterocycles. The fraction of sp³-hybridized carbons (Fsp3) is 0.923. The van der Waals surface area contributed by atoms with E-state index in [9.17, 15) is 9.90 Å². The van der Waals surface area contributed by atoms with Crippen molar-refractivity contribution in [3.05, 3.63) is 0 Å². The smallest absolute Gasteiger partial charge is 0.410 e. The Morgan fingerprint density at radius 1 is 1.29 bits per heavy atom. The molecule has 0 unspecified atom stereocenters. The predicted octanol–water partition coefficient (Wildman–Crippen LogP) is 2.30. The van der Waals surface area contributed by atoms with Gasteiger partial charge in [-0.05, 0) is 53.4 Å². The summed E-state index contributed by atoms with van der Waals surface area (Å²) in [6.07, 6.45) is 3.09. The Balaban J connectivity index is 2.07. The largest absolute Gasteiger partial charge is 0.444 e. The SMILES string of the molecule is CC(C)(C)OC(=O)N1[C@@H]2CC[C@H]1C[C@@](C)(O)C2. The van der Waals surface area contributed by atoms with Gasteiger partial charge in [-0.2, -0.15) is 0 Å². The number of carbonyl (C=O) groups is 1. The molecular formula is C13H23NO3. The fourth-order valence-corrected chi connectivity index (χ4v) is 3.07. The molecule has 0 aromatic rings. The van der Waals surface area contributed by atoms with Crippen LogP contribution in [0, 0.1) is 0 Å². The third-order valence-corrected chi connectivity index (χ3v) is 3.57. The van der Waals surface area contributed by atoms with E-state index in [1.54, 1.807) is 0 Å². The van der Waals surface area contributed by atoms with Gasteiger partial charge in [0.25, 0.3) is 0 Å². The molecule has 17 heavy (non-hydrogen) atoms. The van der Waals surface area contributed by atoms with Crippen LogP contribution in [0.15, 0.2) is 0 Å². The summed E-state index contributed by atoms with van der Waals surface area (Å²) in [5.41, 5.74) is -1.07. The summed E-state index contributed by atoms with van der Waals surface area (Å²) in [5.74, 6) is 0. The normalized spacial score (nSPS) is 37.1. The molecule has 4 nitrogen and oxygen atoms in total. The second-order valence-electron chi connectivity index (χ2n) is 6.68. The minimum atomic E-state index is -0.621. The number of fused-ring (bicyclic) bond motifs is 2. The molecule has 0 saturated carbocycles. The molecular weight excluding hydrogens is 218 g/mol. The van der Waals surface area contributed by atoms with E-state index >= 15 is 0 Å². The van der Waals surface area contributed by atoms with E-state index in [2.05, 4.69) is 0 Å². The van der Waals surface area contributed by atoms with Crippen molar-refractivity contribution in [1.29, 1.82) is 0 Å². The number of amides is 1. The lowest BCUT2D eigenvalue weighted by Gasteiger charge is -2.42. The van der Waals surface area contributed by atoms with Gasteiger partial charge in [0.2, 0.25) is 0 Å². The zero-order chi connectivity index (χ0) is 12.8. The van der Waals surface area contributed by atoms with Crippen molar-refractivity contribution in [3.8, 4) is 0 Å². The van der Waals surface area contributed by atoms with E-state index in [0.29, 0.717) is 12.8 Å². The lowest BCUT2D eigenvalue weighted by atomic mass is 9.88. The number of piperidine rings is 1. The Morgan fingerprint density at radius 3 is 2.18 bits per heavy atom. The lowest BCUT2D eigenvalue weighted by molar-refractivity contribution is -0.0483. The first-order valence-corrected chi connectivity index (χ1v) is 6.42. The van der Waals surface area contributed by atoms with Crippen molar-refractivity contribution in [2.24, 2.45) is 0 Å². The molecule has 2 bridgehead atoms. The molecule has 2 fully saturated rings. The Labute approximate surface area is 103 Å². The molecule has 2 aliphatic rings. The molecule has 3 atom stereocenters. The maximum Gasteiger partial charge on any atom is 0.410 e. The average Bonchev–Trinajstić information content (AvgIpc) is 2.35. The zero-order valence-corrected chi connectivity index (χ0v) is 11.2. The van der Waals surface area contributed by atoms with E-state index in [0.717, 1.165) is 12.8 Å². The summed E-state index contributed by atoms with van der Waals surface area (Å²) in [4.78, 5) is 14.0. The van der Waals surface area contributed by atoms with E-state index in [1.807, 2.05) is 32.6 Å². The molecule has 0 aromatic carbocycles. The summed E-state index contributed by atoms with van der Waals surface area (Å²) in [5, 5.41) is 10.1. The van der Waals surface area contributed by atoms with E-state index in [1.165, 1.54) is 0 Å². The summed E-state index contributed by atoms with van der Waals surface area (Å²) in [7, 11) is 0. The highest BCUT2D eigenvalue weighted by Crippen LogP contribution is 2.41. The fourth-order valence-electron chi connectivity index (χ4n) is 3.07. The lowest BCUT2D eigenvalue weighted by Crippen LogP contribution is -2.53. The summed E-state index contributed by atoms with van der Waals surface area (Å²) in [6.45, 7) is 7.51. The molecule has 1 N–H and O–H groups in total. The molecule has 4 heteroatoms. The van der Waals surface area contributed by atoms with Gasteiger partial charge in [0.05, 0.1) is 5.60 Å². The van der Waals surface area contributed by atoms with E-state index in [4.69, 9.17) is 4.74 Å². The van der Waals surface area contributed by atoms with Crippen LogP contribution in [0.1, 0.15) is 53.4 Å². The van der Waals surface area contributed by atoms with Crippen LogP contribution in [0.25, 0.3) is 0 Å². The van der Waals surface area contributed by atoms with Gasteiger partial charge < -0.3 is 14.7 Å². The molecule has 2 aliphatic heterocycles. The maximum atomic E-state index is 12.1. The van der Waals surface area contributed by atoms with Crippen molar-refractivity contribution in [1.82, 2.24) is 4.90 Å². The van der Waals surface area contributed by atoms with Gasteiger partial charge in [-0.15, -0.1) is 0 Å². The van der Waals surface area contributed by atoms with Crippen molar-refractivity contribution >= 4 is 6.09 Å². The number of carbonyl (C=O) groups excluding carboxylic acids is 1. The number of ether oxygens (including phenoxy) is 1. The van der Waals surface area contributed by atoms with Gasteiger partial charge in [-0.3, -0.25) is 0 Å². The van der Waals surface area contributed by atoms with Gasteiger partial charge in [-0.1, -0.05) is 0 Å². The number of aliphatic hydroxyl groups is 1. The zero-order valence-electron chi connectivity index (χ0n) is 11.2. The van der Waals surface area contributed by atoms with Crippen molar-refractivity contribution < 1.29 is 14.6 Å². The Bertz CT molecular complexity index is 303. The van der Waals surface area contributed by atoms with Crippen LogP contribution in [0.4, 0.5) is 4.79 Å². The topological polar surface area (TPSA) is 49.8 Å². The summed E-state index contributed by atoms with van der Waals surface area (Å²) < 4.78 is 5.43. The molecule has 2 rings (SSSR count). The third kappa shape index (κ3) is 2.73. The van der Waals surface area contributed by atoms with Crippen LogP contribution < -0.4 is 0 Å².